The molecule has 0 saturated carbocycles. The molecule has 1 saturated heterocycles. The van der Waals surface area contributed by atoms with Crippen LogP contribution in [0.25, 0.3) is 11.3 Å². The fourth-order valence-corrected chi connectivity index (χ4v) is 2.96. The molecule has 1 fully saturated rings. The van der Waals surface area contributed by atoms with Gasteiger partial charge in [-0.15, -0.1) is 0 Å². The van der Waals surface area contributed by atoms with Crippen molar-refractivity contribution in [3.8, 4) is 17.0 Å². The van der Waals surface area contributed by atoms with E-state index in [1.165, 1.54) is 0 Å². The summed E-state index contributed by atoms with van der Waals surface area (Å²) in [5.74, 6) is 1.61. The van der Waals surface area contributed by atoms with E-state index in [1.807, 2.05) is 30.3 Å². The van der Waals surface area contributed by atoms with Crippen LogP contribution in [-0.2, 0) is 11.3 Å². The van der Waals surface area contributed by atoms with E-state index in [1.54, 1.807) is 24.5 Å². The van der Waals surface area contributed by atoms with Crippen molar-refractivity contribution in [1.29, 1.82) is 0 Å². The number of anilines is 2. The lowest BCUT2D eigenvalue weighted by atomic mass is 10.1. The minimum Gasteiger partial charge on any atom is -0.508 e. The van der Waals surface area contributed by atoms with E-state index in [0.717, 1.165) is 35.7 Å². The first-order chi connectivity index (χ1) is 13.3. The van der Waals surface area contributed by atoms with Crippen molar-refractivity contribution < 1.29 is 9.84 Å². The van der Waals surface area contributed by atoms with E-state index < -0.39 is 0 Å². The number of aromatic nitrogens is 3. The molecule has 0 aliphatic carbocycles. The normalized spacial score (nSPS) is 14.1. The van der Waals surface area contributed by atoms with Crippen molar-refractivity contribution in [1.82, 2.24) is 15.0 Å². The van der Waals surface area contributed by atoms with Crippen LogP contribution in [0.1, 0.15) is 5.56 Å². The van der Waals surface area contributed by atoms with Crippen molar-refractivity contribution in [3.63, 3.8) is 0 Å². The fraction of sp³-hybridized carbons (Fsp3) is 0.250. The number of pyridine rings is 1. The highest BCUT2D eigenvalue weighted by molar-refractivity contribution is 5.66. The minimum atomic E-state index is 0.213. The van der Waals surface area contributed by atoms with E-state index in [9.17, 15) is 5.11 Å². The van der Waals surface area contributed by atoms with Gasteiger partial charge in [0.15, 0.2) is 0 Å². The van der Waals surface area contributed by atoms with Gasteiger partial charge in [-0.25, -0.2) is 4.98 Å². The largest absolute Gasteiger partial charge is 0.508 e. The number of rotatable bonds is 5. The van der Waals surface area contributed by atoms with Gasteiger partial charge in [0.25, 0.3) is 0 Å². The lowest BCUT2D eigenvalue weighted by Crippen LogP contribution is -2.36. The number of hydrogen-bond donors (Lipinski definition) is 2. The van der Waals surface area contributed by atoms with Crippen LogP contribution in [0.4, 0.5) is 11.8 Å². The fourth-order valence-electron chi connectivity index (χ4n) is 2.96. The Kier molecular flexibility index (Phi) is 5.11. The van der Waals surface area contributed by atoms with Gasteiger partial charge >= 0.3 is 0 Å². The monoisotopic (exact) mass is 363 g/mol. The summed E-state index contributed by atoms with van der Waals surface area (Å²) < 4.78 is 5.45. The van der Waals surface area contributed by atoms with Crippen LogP contribution < -0.4 is 10.2 Å². The molecule has 2 N–H and O–H groups in total. The van der Waals surface area contributed by atoms with E-state index in [2.05, 4.69) is 20.2 Å². The van der Waals surface area contributed by atoms with Gasteiger partial charge in [-0.1, -0.05) is 12.1 Å². The number of morpholine rings is 1. The van der Waals surface area contributed by atoms with Crippen LogP contribution in [0.15, 0.2) is 54.9 Å². The van der Waals surface area contributed by atoms with Gasteiger partial charge in [-0.2, -0.15) is 4.98 Å². The summed E-state index contributed by atoms with van der Waals surface area (Å²) in [6, 6.07) is 13.0. The summed E-state index contributed by atoms with van der Waals surface area (Å²) in [4.78, 5) is 15.6. The van der Waals surface area contributed by atoms with Gasteiger partial charge in [0, 0.05) is 43.7 Å². The predicted molar refractivity (Wildman–Crippen MR) is 104 cm³/mol. The summed E-state index contributed by atoms with van der Waals surface area (Å²) in [7, 11) is 0. The quantitative estimate of drug-likeness (QED) is 0.721. The maximum absolute atomic E-state index is 9.82. The highest BCUT2D eigenvalue weighted by Gasteiger charge is 2.16. The van der Waals surface area contributed by atoms with Gasteiger partial charge in [0.05, 0.1) is 18.9 Å². The molecule has 0 spiro atoms. The number of nitrogens with zero attached hydrogens (tertiary/aromatic N) is 4. The second kappa shape index (κ2) is 8.01. The number of nitrogens with one attached hydrogen (secondary N) is 1. The molecule has 1 aromatic carbocycles. The SMILES string of the molecule is Oc1cccc(-c2cc(N3CCOCC3)nc(NCc3ccncc3)n2)c1. The first-order valence-corrected chi connectivity index (χ1v) is 8.92. The predicted octanol–water partition coefficient (Wildman–Crippen LogP) is 2.69. The molecule has 3 aromatic rings. The molecule has 0 unspecified atom stereocenters. The number of ether oxygens (including phenoxy) is 1. The van der Waals surface area contributed by atoms with Crippen molar-refractivity contribution in [3.05, 3.63) is 60.4 Å². The minimum absolute atomic E-state index is 0.213. The Morgan fingerprint density at radius 3 is 2.63 bits per heavy atom. The van der Waals surface area contributed by atoms with E-state index >= 15 is 0 Å². The highest BCUT2D eigenvalue weighted by atomic mass is 16.5. The number of benzene rings is 1. The molecule has 27 heavy (non-hydrogen) atoms. The lowest BCUT2D eigenvalue weighted by molar-refractivity contribution is 0.122. The van der Waals surface area contributed by atoms with E-state index in [-0.39, 0.29) is 5.75 Å². The first kappa shape index (κ1) is 17.2. The highest BCUT2D eigenvalue weighted by Crippen LogP contribution is 2.26. The Labute approximate surface area is 157 Å². The third kappa shape index (κ3) is 4.32. The maximum atomic E-state index is 9.82. The Morgan fingerprint density at radius 1 is 1.04 bits per heavy atom. The van der Waals surface area contributed by atoms with E-state index in [0.29, 0.717) is 25.7 Å². The number of phenols is 1. The molecule has 0 radical (unpaired) electrons. The number of phenolic OH excluding ortho intramolecular Hbond substituents is 1. The lowest BCUT2D eigenvalue weighted by Gasteiger charge is -2.28. The molecule has 0 atom stereocenters. The number of aromatic hydroxyl groups is 1. The molecule has 0 amide bonds. The molecule has 0 bridgehead atoms. The van der Waals surface area contributed by atoms with E-state index in [4.69, 9.17) is 9.72 Å². The van der Waals surface area contributed by atoms with Crippen LogP contribution >= 0.6 is 0 Å². The zero-order chi connectivity index (χ0) is 18.5. The molecule has 2 aromatic heterocycles. The standard InChI is InChI=1S/C20H21N5O2/c26-17-3-1-2-16(12-17)18-13-19(25-8-10-27-11-9-25)24-20(23-18)22-14-15-4-6-21-7-5-15/h1-7,12-13,26H,8-11,14H2,(H,22,23,24). The first-order valence-electron chi connectivity index (χ1n) is 8.92. The molecule has 4 rings (SSSR count). The molecule has 3 heterocycles. The summed E-state index contributed by atoms with van der Waals surface area (Å²) in [5.41, 5.74) is 2.71. The molecule has 7 heteroatoms. The topological polar surface area (TPSA) is 83.4 Å². The summed E-state index contributed by atoms with van der Waals surface area (Å²) >= 11 is 0. The average Bonchev–Trinajstić information content (AvgIpc) is 2.73. The van der Waals surface area contributed by atoms with Crippen LogP contribution in [-0.4, -0.2) is 46.4 Å². The Hall–Kier alpha value is -3.19. The summed E-state index contributed by atoms with van der Waals surface area (Å²) in [6.07, 6.45) is 3.53. The molecular weight excluding hydrogens is 342 g/mol. The zero-order valence-corrected chi connectivity index (χ0v) is 14.9. The van der Waals surface area contributed by atoms with Crippen LogP contribution in [0, 0.1) is 0 Å². The van der Waals surface area contributed by atoms with Gasteiger partial charge < -0.3 is 20.1 Å². The second-order valence-electron chi connectivity index (χ2n) is 6.29. The average molecular weight is 363 g/mol. The van der Waals surface area contributed by atoms with Crippen LogP contribution in [0.3, 0.4) is 0 Å². The van der Waals surface area contributed by atoms with Crippen molar-refractivity contribution in [2.75, 3.05) is 36.5 Å². The number of hydrogen-bond acceptors (Lipinski definition) is 7. The van der Waals surface area contributed by atoms with Gasteiger partial charge in [-0.05, 0) is 29.8 Å². The zero-order valence-electron chi connectivity index (χ0n) is 14.9. The Bertz CT molecular complexity index is 898. The Morgan fingerprint density at radius 2 is 1.85 bits per heavy atom. The van der Waals surface area contributed by atoms with Crippen LogP contribution in [0.5, 0.6) is 5.75 Å². The van der Waals surface area contributed by atoms with Crippen LogP contribution in [0.2, 0.25) is 0 Å². The maximum Gasteiger partial charge on any atom is 0.225 e. The molecular formula is C20H21N5O2. The van der Waals surface area contributed by atoms with Crippen molar-refractivity contribution in [2.24, 2.45) is 0 Å². The molecule has 1 aliphatic rings. The van der Waals surface area contributed by atoms with Gasteiger partial charge in [-0.3, -0.25) is 4.98 Å². The summed E-state index contributed by atoms with van der Waals surface area (Å²) in [6.45, 7) is 3.56. The van der Waals surface area contributed by atoms with Crippen molar-refractivity contribution >= 4 is 11.8 Å². The Balaban J connectivity index is 1.65. The molecule has 7 nitrogen and oxygen atoms in total. The third-order valence-corrected chi connectivity index (χ3v) is 4.39. The molecule has 138 valence electrons. The van der Waals surface area contributed by atoms with Gasteiger partial charge in [0.1, 0.15) is 11.6 Å². The van der Waals surface area contributed by atoms with Crippen molar-refractivity contribution in [2.45, 2.75) is 6.54 Å². The summed E-state index contributed by atoms with van der Waals surface area (Å²) in [5, 5.41) is 13.1. The smallest absolute Gasteiger partial charge is 0.225 e. The van der Waals surface area contributed by atoms with Gasteiger partial charge in [0.2, 0.25) is 5.95 Å². The third-order valence-electron chi connectivity index (χ3n) is 4.39. The second-order valence-corrected chi connectivity index (χ2v) is 6.29. The molecule has 1 aliphatic heterocycles.